The molecule has 0 aliphatic heterocycles. The second-order valence-corrected chi connectivity index (χ2v) is 9.43. The van der Waals surface area contributed by atoms with Crippen molar-refractivity contribution in [2.24, 2.45) is 5.92 Å². The number of rotatable bonds is 8. The van der Waals surface area contributed by atoms with Crippen molar-refractivity contribution < 1.29 is 19.5 Å². The van der Waals surface area contributed by atoms with Gasteiger partial charge in [-0.3, -0.25) is 0 Å². The molecule has 0 saturated heterocycles. The maximum atomic E-state index is 9.88. The Morgan fingerprint density at radius 3 is 2.35 bits per heavy atom. The monoisotopic (exact) mass is 533 g/mol. The number of aliphatic hydroxyl groups excluding tert-OH is 2. The van der Waals surface area contributed by atoms with Crippen LogP contribution in [0.25, 0.3) is 22.6 Å². The van der Waals surface area contributed by atoms with Gasteiger partial charge < -0.3 is 30.1 Å². The minimum atomic E-state index is -0.619. The first-order valence-electron chi connectivity index (χ1n) is 12.4. The third-order valence-corrected chi connectivity index (χ3v) is 6.44. The van der Waals surface area contributed by atoms with Crippen molar-refractivity contribution in [2.45, 2.75) is 53.1 Å². The van der Waals surface area contributed by atoms with Gasteiger partial charge in [0.15, 0.2) is 5.82 Å². The van der Waals surface area contributed by atoms with Crippen molar-refractivity contribution in [1.29, 1.82) is 0 Å². The minimum absolute atomic E-state index is 0.156. The maximum absolute atomic E-state index is 9.88. The molecule has 0 spiro atoms. The van der Waals surface area contributed by atoms with Crippen LogP contribution in [-0.2, 0) is 0 Å². The molecule has 1 saturated carbocycles. The average molecular weight is 534 g/mol. The predicted molar refractivity (Wildman–Crippen MR) is 148 cm³/mol. The zero-order valence-electron chi connectivity index (χ0n) is 22.9. The molecule has 9 nitrogen and oxygen atoms in total. The van der Waals surface area contributed by atoms with Crippen LogP contribution in [0.4, 0.5) is 5.82 Å². The summed E-state index contributed by atoms with van der Waals surface area (Å²) in [6, 6.07) is 5.25. The molecular formula is C27H40ClN5O4. The number of ether oxygens (including phenoxy) is 1. The fourth-order valence-electron chi connectivity index (χ4n) is 3.81. The Kier molecular flexibility index (Phi) is 12.3. The van der Waals surface area contributed by atoms with Gasteiger partial charge in [-0.2, -0.15) is 0 Å². The van der Waals surface area contributed by atoms with Gasteiger partial charge in [0.1, 0.15) is 30.0 Å². The maximum Gasteiger partial charge on any atom is 0.163 e. The number of anilines is 1. The number of nitrogens with zero attached hydrogens (tertiary/aromatic N) is 3. The summed E-state index contributed by atoms with van der Waals surface area (Å²) in [6.45, 7) is 8.58. The van der Waals surface area contributed by atoms with Gasteiger partial charge in [0.2, 0.25) is 0 Å². The van der Waals surface area contributed by atoms with Crippen LogP contribution in [0, 0.1) is 26.7 Å². The lowest BCUT2D eigenvalue weighted by Crippen LogP contribution is -2.29. The van der Waals surface area contributed by atoms with Gasteiger partial charge in [0.25, 0.3) is 0 Å². The van der Waals surface area contributed by atoms with E-state index < -0.39 is 6.10 Å². The van der Waals surface area contributed by atoms with Gasteiger partial charge in [-0.05, 0) is 51.9 Å². The fraction of sp³-hybridized carbons (Fsp3) is 0.519. The highest BCUT2D eigenvalue weighted by molar-refractivity contribution is 6.33. The van der Waals surface area contributed by atoms with Crippen molar-refractivity contribution >= 4 is 17.4 Å². The molecule has 204 valence electrons. The van der Waals surface area contributed by atoms with Gasteiger partial charge >= 0.3 is 0 Å². The van der Waals surface area contributed by atoms with E-state index in [1.54, 1.807) is 32.3 Å². The quantitative estimate of drug-likeness (QED) is 0.323. The molecule has 1 fully saturated rings. The molecule has 1 atom stereocenters. The lowest BCUT2D eigenvalue weighted by molar-refractivity contribution is 0.108. The van der Waals surface area contributed by atoms with Crippen molar-refractivity contribution in [3.05, 3.63) is 40.2 Å². The van der Waals surface area contributed by atoms with E-state index in [4.69, 9.17) is 31.0 Å². The summed E-state index contributed by atoms with van der Waals surface area (Å²) in [5, 5.41) is 27.4. The Labute approximate surface area is 224 Å². The van der Waals surface area contributed by atoms with Gasteiger partial charge in [-0.15, -0.1) is 0 Å². The van der Waals surface area contributed by atoms with Gasteiger partial charge in [0, 0.05) is 31.8 Å². The molecule has 37 heavy (non-hydrogen) atoms. The molecule has 0 amide bonds. The van der Waals surface area contributed by atoms with Crippen LogP contribution in [0.1, 0.15) is 43.2 Å². The summed E-state index contributed by atoms with van der Waals surface area (Å²) < 4.78 is 11.0. The summed E-state index contributed by atoms with van der Waals surface area (Å²) in [5.41, 5.74) is 3.83. The van der Waals surface area contributed by atoms with Crippen LogP contribution >= 0.6 is 11.6 Å². The molecule has 0 radical (unpaired) electrons. The highest BCUT2D eigenvalue weighted by Crippen LogP contribution is 2.35. The van der Waals surface area contributed by atoms with E-state index in [1.807, 2.05) is 20.8 Å². The number of nitrogens with one attached hydrogen (secondary N) is 2. The van der Waals surface area contributed by atoms with Crippen LogP contribution in [0.15, 0.2) is 22.7 Å². The number of benzene rings is 1. The SMILES string of the molecule is CC1CCC1.CNCC(O)COc1ccc(Cl)c(-c2nc(NC)c(C)c(-c3c(C)noc3C)n2)c1.CO. The van der Waals surface area contributed by atoms with Gasteiger partial charge in [-0.25, -0.2) is 9.97 Å². The van der Waals surface area contributed by atoms with Crippen LogP contribution < -0.4 is 15.4 Å². The molecule has 1 aliphatic rings. The van der Waals surface area contributed by atoms with Crippen molar-refractivity contribution in [3.8, 4) is 28.4 Å². The smallest absolute Gasteiger partial charge is 0.163 e. The zero-order chi connectivity index (χ0) is 27.5. The van der Waals surface area contributed by atoms with Crippen LogP contribution in [0.5, 0.6) is 5.75 Å². The number of halogens is 1. The van der Waals surface area contributed by atoms with E-state index in [1.165, 1.54) is 19.3 Å². The Hall–Kier alpha value is -2.72. The summed E-state index contributed by atoms with van der Waals surface area (Å²) in [4.78, 5) is 9.44. The van der Waals surface area contributed by atoms with E-state index in [0.29, 0.717) is 40.3 Å². The molecule has 1 aromatic carbocycles. The molecule has 4 rings (SSSR count). The number of aromatic nitrogens is 3. The number of aryl methyl sites for hydroxylation is 2. The second kappa shape index (κ2) is 14.9. The van der Waals surface area contributed by atoms with E-state index in [0.717, 1.165) is 35.5 Å². The number of likely N-dealkylation sites (N-methyl/N-ethyl adjacent to an activating group) is 1. The van der Waals surface area contributed by atoms with Gasteiger partial charge in [0.05, 0.1) is 22.0 Å². The van der Waals surface area contributed by atoms with E-state index in [2.05, 4.69) is 27.7 Å². The molecule has 2 heterocycles. The molecule has 0 bridgehead atoms. The summed E-state index contributed by atoms with van der Waals surface area (Å²) in [6.07, 6.45) is 3.84. The summed E-state index contributed by atoms with van der Waals surface area (Å²) in [7, 11) is 4.58. The lowest BCUT2D eigenvalue weighted by atomic mass is 9.88. The molecule has 1 unspecified atom stereocenters. The largest absolute Gasteiger partial charge is 0.491 e. The second-order valence-electron chi connectivity index (χ2n) is 9.02. The minimum Gasteiger partial charge on any atom is -0.491 e. The molecule has 1 aliphatic carbocycles. The first kappa shape index (κ1) is 30.5. The van der Waals surface area contributed by atoms with Crippen molar-refractivity contribution in [1.82, 2.24) is 20.4 Å². The normalized spacial score (nSPS) is 13.5. The molecule has 10 heteroatoms. The number of hydrogen-bond acceptors (Lipinski definition) is 9. The third-order valence-electron chi connectivity index (χ3n) is 6.11. The average Bonchev–Trinajstić information content (AvgIpc) is 3.22. The lowest BCUT2D eigenvalue weighted by Gasteiger charge is -2.18. The number of hydrogen-bond donors (Lipinski definition) is 4. The summed E-state index contributed by atoms with van der Waals surface area (Å²) >= 11 is 6.47. The van der Waals surface area contributed by atoms with E-state index >= 15 is 0 Å². The van der Waals surface area contributed by atoms with Crippen molar-refractivity contribution in [3.63, 3.8) is 0 Å². The Bertz CT molecular complexity index is 1110. The summed E-state index contributed by atoms with van der Waals surface area (Å²) in [5.74, 6) is 3.45. The fourth-order valence-corrected chi connectivity index (χ4v) is 4.01. The molecule has 3 aromatic rings. The van der Waals surface area contributed by atoms with E-state index in [9.17, 15) is 5.11 Å². The number of aliphatic hydroxyl groups is 2. The third kappa shape index (κ3) is 8.13. The van der Waals surface area contributed by atoms with Gasteiger partial charge in [-0.1, -0.05) is 42.9 Å². The topological polar surface area (TPSA) is 126 Å². The standard InChI is InChI=1S/C21H26ClN5O3.C5H10.CH4O/c1-11-19(18-12(2)27-30-13(18)3)25-21(26-20(11)24-5)16-8-15(6-7-17(16)22)29-10-14(28)9-23-4;1-5-3-2-4-5;1-2/h6-8,14,23,28H,9-10H2,1-5H3,(H,24,25,26);5H,2-4H2,1H3;2H,1H3. The Morgan fingerprint density at radius 2 is 1.84 bits per heavy atom. The van der Waals surface area contributed by atoms with Crippen LogP contribution in [0.3, 0.4) is 0 Å². The Balaban J connectivity index is 0.000000602. The van der Waals surface area contributed by atoms with Crippen LogP contribution in [0.2, 0.25) is 5.02 Å². The Morgan fingerprint density at radius 1 is 1.16 bits per heavy atom. The first-order valence-corrected chi connectivity index (χ1v) is 12.8. The predicted octanol–water partition coefficient (Wildman–Crippen LogP) is 4.79. The molecule has 2 aromatic heterocycles. The van der Waals surface area contributed by atoms with Crippen molar-refractivity contribution in [2.75, 3.05) is 39.7 Å². The first-order chi connectivity index (χ1) is 17.7. The highest BCUT2D eigenvalue weighted by atomic mass is 35.5. The zero-order valence-corrected chi connectivity index (χ0v) is 23.6. The van der Waals surface area contributed by atoms with Crippen LogP contribution in [-0.4, -0.2) is 65.8 Å². The molecule has 4 N–H and O–H groups in total. The van der Waals surface area contributed by atoms with E-state index in [-0.39, 0.29) is 6.61 Å². The highest BCUT2D eigenvalue weighted by Gasteiger charge is 2.21. The molecular weight excluding hydrogens is 494 g/mol.